The van der Waals surface area contributed by atoms with Gasteiger partial charge in [0, 0.05) is 0 Å². The second-order valence-corrected chi connectivity index (χ2v) is 4.18. The summed E-state index contributed by atoms with van der Waals surface area (Å²) in [5.41, 5.74) is -0.311. The van der Waals surface area contributed by atoms with Gasteiger partial charge in [0.05, 0.1) is 5.41 Å². The quantitative estimate of drug-likeness (QED) is 0.688. The molecule has 0 aromatic heterocycles. The molecule has 0 heterocycles. The Bertz CT molecular complexity index is 171. The highest BCUT2D eigenvalue weighted by atomic mass is 16.4. The molecule has 0 amide bonds. The van der Waals surface area contributed by atoms with Crippen LogP contribution in [0.3, 0.4) is 0 Å². The van der Waals surface area contributed by atoms with E-state index in [1.165, 1.54) is 0 Å². The first kappa shape index (κ1) is 9.56. The van der Waals surface area contributed by atoms with Crippen molar-refractivity contribution < 1.29 is 9.90 Å². The SMILES string of the molecule is CCCC(C)CC1(C(=O)O)CC1. The van der Waals surface area contributed by atoms with E-state index in [0.29, 0.717) is 5.92 Å². The third-order valence-electron chi connectivity index (χ3n) is 2.83. The van der Waals surface area contributed by atoms with Crippen LogP contribution in [0.2, 0.25) is 0 Å². The maximum atomic E-state index is 10.8. The Morgan fingerprint density at radius 1 is 1.58 bits per heavy atom. The normalized spacial score (nSPS) is 21.8. The molecular weight excluding hydrogens is 152 g/mol. The Balaban J connectivity index is 2.35. The molecule has 1 aliphatic rings. The molecule has 1 atom stereocenters. The summed E-state index contributed by atoms with van der Waals surface area (Å²) in [7, 11) is 0. The van der Waals surface area contributed by atoms with Crippen LogP contribution >= 0.6 is 0 Å². The molecule has 0 aliphatic heterocycles. The number of rotatable bonds is 5. The summed E-state index contributed by atoms with van der Waals surface area (Å²) < 4.78 is 0. The molecule has 2 nitrogen and oxygen atoms in total. The lowest BCUT2D eigenvalue weighted by Crippen LogP contribution is -2.17. The van der Waals surface area contributed by atoms with E-state index in [-0.39, 0.29) is 5.41 Å². The average Bonchev–Trinajstić information content (AvgIpc) is 2.69. The molecule has 1 unspecified atom stereocenters. The molecule has 0 bridgehead atoms. The van der Waals surface area contributed by atoms with Gasteiger partial charge in [-0.15, -0.1) is 0 Å². The van der Waals surface area contributed by atoms with Crippen molar-refractivity contribution in [3.05, 3.63) is 0 Å². The summed E-state index contributed by atoms with van der Waals surface area (Å²) in [6.45, 7) is 4.31. The van der Waals surface area contributed by atoms with Crippen molar-refractivity contribution in [2.24, 2.45) is 11.3 Å². The van der Waals surface area contributed by atoms with Gasteiger partial charge in [-0.2, -0.15) is 0 Å². The molecule has 2 heteroatoms. The van der Waals surface area contributed by atoms with Crippen LogP contribution in [0.1, 0.15) is 46.0 Å². The van der Waals surface area contributed by atoms with E-state index in [9.17, 15) is 4.79 Å². The molecule has 12 heavy (non-hydrogen) atoms. The summed E-state index contributed by atoms with van der Waals surface area (Å²) in [6.07, 6.45) is 5.01. The molecule has 1 N–H and O–H groups in total. The predicted molar refractivity (Wildman–Crippen MR) is 48.0 cm³/mol. The molecular formula is C10H18O2. The van der Waals surface area contributed by atoms with Crippen LogP contribution in [-0.4, -0.2) is 11.1 Å². The minimum absolute atomic E-state index is 0.311. The molecule has 0 aromatic rings. The largest absolute Gasteiger partial charge is 0.481 e. The number of aliphatic carboxylic acids is 1. The summed E-state index contributed by atoms with van der Waals surface area (Å²) >= 11 is 0. The number of carboxylic acid groups (broad SMARTS) is 1. The van der Waals surface area contributed by atoms with E-state index >= 15 is 0 Å². The van der Waals surface area contributed by atoms with E-state index in [0.717, 1.165) is 32.1 Å². The molecule has 1 aliphatic carbocycles. The Kier molecular flexibility index (Phi) is 2.76. The van der Waals surface area contributed by atoms with Crippen molar-refractivity contribution in [3.63, 3.8) is 0 Å². The van der Waals surface area contributed by atoms with E-state index in [1.807, 2.05) is 0 Å². The van der Waals surface area contributed by atoms with Gasteiger partial charge in [0.1, 0.15) is 0 Å². The van der Waals surface area contributed by atoms with Crippen molar-refractivity contribution in [1.29, 1.82) is 0 Å². The predicted octanol–water partition coefficient (Wildman–Crippen LogP) is 2.68. The zero-order chi connectivity index (χ0) is 9.19. The Morgan fingerprint density at radius 2 is 2.17 bits per heavy atom. The fraction of sp³-hybridized carbons (Fsp3) is 0.900. The second kappa shape index (κ2) is 3.46. The van der Waals surface area contributed by atoms with Gasteiger partial charge < -0.3 is 5.11 Å². The van der Waals surface area contributed by atoms with Crippen molar-refractivity contribution in [1.82, 2.24) is 0 Å². The molecule has 1 saturated carbocycles. The summed E-state index contributed by atoms with van der Waals surface area (Å²) in [5, 5.41) is 8.92. The molecule has 0 aromatic carbocycles. The number of hydrogen-bond donors (Lipinski definition) is 1. The maximum absolute atomic E-state index is 10.8. The van der Waals surface area contributed by atoms with Crippen molar-refractivity contribution in [2.75, 3.05) is 0 Å². The van der Waals surface area contributed by atoms with Crippen LogP contribution < -0.4 is 0 Å². The minimum Gasteiger partial charge on any atom is -0.481 e. The highest BCUT2D eigenvalue weighted by Gasteiger charge is 2.50. The fourth-order valence-corrected chi connectivity index (χ4v) is 1.92. The van der Waals surface area contributed by atoms with Crippen molar-refractivity contribution >= 4 is 5.97 Å². The fourth-order valence-electron chi connectivity index (χ4n) is 1.92. The van der Waals surface area contributed by atoms with Gasteiger partial charge in [0.15, 0.2) is 0 Å². The Hall–Kier alpha value is -0.530. The lowest BCUT2D eigenvalue weighted by molar-refractivity contribution is -0.144. The Morgan fingerprint density at radius 3 is 2.50 bits per heavy atom. The van der Waals surface area contributed by atoms with Crippen LogP contribution in [-0.2, 0) is 4.79 Å². The standard InChI is InChI=1S/C10H18O2/c1-3-4-8(2)7-10(5-6-10)9(11)12/h8H,3-7H2,1-2H3,(H,11,12). The van der Waals surface area contributed by atoms with Gasteiger partial charge in [-0.1, -0.05) is 26.7 Å². The van der Waals surface area contributed by atoms with Gasteiger partial charge in [-0.3, -0.25) is 4.79 Å². The summed E-state index contributed by atoms with van der Waals surface area (Å²) in [4.78, 5) is 10.8. The van der Waals surface area contributed by atoms with Crippen LogP contribution in [0.25, 0.3) is 0 Å². The molecule has 0 radical (unpaired) electrons. The highest BCUT2D eigenvalue weighted by molar-refractivity contribution is 5.77. The average molecular weight is 170 g/mol. The maximum Gasteiger partial charge on any atom is 0.309 e. The molecule has 1 rings (SSSR count). The van der Waals surface area contributed by atoms with Gasteiger partial charge in [0.2, 0.25) is 0 Å². The second-order valence-electron chi connectivity index (χ2n) is 4.18. The lowest BCUT2D eigenvalue weighted by Gasteiger charge is -2.15. The number of carbonyl (C=O) groups is 1. The molecule has 70 valence electrons. The minimum atomic E-state index is -0.578. The van der Waals surface area contributed by atoms with E-state index < -0.39 is 5.97 Å². The molecule has 1 fully saturated rings. The van der Waals surface area contributed by atoms with Gasteiger partial charge in [-0.25, -0.2) is 0 Å². The van der Waals surface area contributed by atoms with E-state index in [1.54, 1.807) is 0 Å². The van der Waals surface area contributed by atoms with Crippen molar-refractivity contribution in [2.45, 2.75) is 46.0 Å². The van der Waals surface area contributed by atoms with Crippen molar-refractivity contribution in [3.8, 4) is 0 Å². The summed E-state index contributed by atoms with van der Waals surface area (Å²) in [5.74, 6) is -0.000877. The number of carboxylic acids is 1. The Labute approximate surface area is 74.0 Å². The monoisotopic (exact) mass is 170 g/mol. The lowest BCUT2D eigenvalue weighted by atomic mass is 9.90. The van der Waals surface area contributed by atoms with Gasteiger partial charge in [-0.05, 0) is 25.2 Å². The smallest absolute Gasteiger partial charge is 0.309 e. The molecule has 0 saturated heterocycles. The zero-order valence-electron chi connectivity index (χ0n) is 7.97. The van der Waals surface area contributed by atoms with Crippen LogP contribution in [0.15, 0.2) is 0 Å². The first-order valence-corrected chi connectivity index (χ1v) is 4.84. The van der Waals surface area contributed by atoms with Crippen LogP contribution in [0, 0.1) is 11.3 Å². The number of hydrogen-bond acceptors (Lipinski definition) is 1. The van der Waals surface area contributed by atoms with Crippen LogP contribution in [0.5, 0.6) is 0 Å². The van der Waals surface area contributed by atoms with E-state index in [4.69, 9.17) is 5.11 Å². The van der Waals surface area contributed by atoms with Gasteiger partial charge >= 0.3 is 5.97 Å². The first-order valence-electron chi connectivity index (χ1n) is 4.84. The topological polar surface area (TPSA) is 37.3 Å². The van der Waals surface area contributed by atoms with Gasteiger partial charge in [0.25, 0.3) is 0 Å². The third-order valence-corrected chi connectivity index (χ3v) is 2.83. The van der Waals surface area contributed by atoms with E-state index in [2.05, 4.69) is 13.8 Å². The molecule has 0 spiro atoms. The first-order chi connectivity index (χ1) is 5.60. The third kappa shape index (κ3) is 1.99. The summed E-state index contributed by atoms with van der Waals surface area (Å²) in [6, 6.07) is 0. The highest BCUT2D eigenvalue weighted by Crippen LogP contribution is 2.51. The zero-order valence-corrected chi connectivity index (χ0v) is 7.97. The van der Waals surface area contributed by atoms with Crippen LogP contribution in [0.4, 0.5) is 0 Å².